The summed E-state index contributed by atoms with van der Waals surface area (Å²) in [5.41, 5.74) is 6.83. The average molecular weight is 280 g/mol. The first kappa shape index (κ1) is 13.0. The van der Waals surface area contributed by atoms with Crippen LogP contribution >= 0.6 is 0 Å². The lowest BCUT2D eigenvalue weighted by Crippen LogP contribution is -2.24. The Labute approximate surface area is 114 Å². The number of nitrogens with one attached hydrogen (secondary N) is 1. The summed E-state index contributed by atoms with van der Waals surface area (Å²) in [4.78, 5) is 12.5. The molecule has 5 N–H and O–H groups in total. The molecule has 0 spiro atoms. The van der Waals surface area contributed by atoms with Gasteiger partial charge in [-0.3, -0.25) is 4.57 Å². The van der Waals surface area contributed by atoms with Crippen LogP contribution in [0.3, 0.4) is 0 Å². The lowest BCUT2D eigenvalue weighted by molar-refractivity contribution is -0.0432. The van der Waals surface area contributed by atoms with E-state index in [-0.39, 0.29) is 12.4 Å². The molecule has 3 heterocycles. The molecule has 108 valence electrons. The van der Waals surface area contributed by atoms with Gasteiger partial charge in [-0.2, -0.15) is 9.97 Å². The van der Waals surface area contributed by atoms with Gasteiger partial charge in [0.2, 0.25) is 5.95 Å². The molecule has 1 fully saturated rings. The fourth-order valence-electron chi connectivity index (χ4n) is 2.31. The van der Waals surface area contributed by atoms with E-state index in [1.54, 1.807) is 17.9 Å². The highest BCUT2D eigenvalue weighted by molar-refractivity contribution is 5.82. The number of rotatable bonds is 3. The summed E-state index contributed by atoms with van der Waals surface area (Å²) in [6.45, 7) is -0.233. The van der Waals surface area contributed by atoms with Crippen LogP contribution in [0.1, 0.15) is 12.6 Å². The summed E-state index contributed by atoms with van der Waals surface area (Å²) < 4.78 is 7.28. The van der Waals surface area contributed by atoms with E-state index in [9.17, 15) is 5.11 Å². The number of hydrogen-bond acceptors (Lipinski definition) is 8. The van der Waals surface area contributed by atoms with E-state index >= 15 is 0 Å². The third-order valence-corrected chi connectivity index (χ3v) is 3.37. The van der Waals surface area contributed by atoms with E-state index < -0.39 is 18.4 Å². The molecule has 0 unspecified atom stereocenters. The van der Waals surface area contributed by atoms with Crippen molar-refractivity contribution >= 4 is 22.9 Å². The maximum atomic E-state index is 9.80. The third-order valence-electron chi connectivity index (χ3n) is 3.37. The largest absolute Gasteiger partial charge is 0.394 e. The van der Waals surface area contributed by atoms with Crippen molar-refractivity contribution in [3.05, 3.63) is 6.33 Å². The molecule has 0 aliphatic carbocycles. The molecule has 2 aromatic rings. The minimum Gasteiger partial charge on any atom is -0.394 e. The summed E-state index contributed by atoms with van der Waals surface area (Å²) in [6, 6.07) is 0. The smallest absolute Gasteiger partial charge is 0.226 e. The highest BCUT2D eigenvalue weighted by Gasteiger charge is 2.35. The van der Waals surface area contributed by atoms with Crippen LogP contribution in [-0.2, 0) is 4.74 Å². The van der Waals surface area contributed by atoms with E-state index in [2.05, 4.69) is 20.3 Å². The van der Waals surface area contributed by atoms with Gasteiger partial charge in [0.25, 0.3) is 0 Å². The van der Waals surface area contributed by atoms with Crippen LogP contribution in [-0.4, -0.2) is 55.6 Å². The Hall–Kier alpha value is -1.97. The van der Waals surface area contributed by atoms with Gasteiger partial charge in [-0.05, 0) is 0 Å². The maximum absolute atomic E-state index is 9.80. The third kappa shape index (κ3) is 1.96. The molecular formula is C11H16N6O3. The zero-order valence-corrected chi connectivity index (χ0v) is 10.9. The Morgan fingerprint density at radius 1 is 1.55 bits per heavy atom. The molecule has 2 aromatic heterocycles. The molecule has 3 atom stereocenters. The van der Waals surface area contributed by atoms with Gasteiger partial charge in [-0.25, -0.2) is 4.98 Å². The van der Waals surface area contributed by atoms with E-state index in [0.29, 0.717) is 23.5 Å². The van der Waals surface area contributed by atoms with Crippen molar-refractivity contribution in [1.29, 1.82) is 0 Å². The minimum absolute atomic E-state index is 0.233. The molecule has 9 nitrogen and oxygen atoms in total. The van der Waals surface area contributed by atoms with Gasteiger partial charge < -0.3 is 26.0 Å². The Morgan fingerprint density at radius 3 is 3.00 bits per heavy atom. The number of aromatic nitrogens is 4. The maximum Gasteiger partial charge on any atom is 0.226 e. The van der Waals surface area contributed by atoms with Crippen LogP contribution in [0.2, 0.25) is 0 Å². The predicted molar refractivity (Wildman–Crippen MR) is 70.9 cm³/mol. The van der Waals surface area contributed by atoms with E-state index in [1.807, 2.05) is 0 Å². The molecule has 1 aliphatic rings. The van der Waals surface area contributed by atoms with Gasteiger partial charge in [0.15, 0.2) is 11.5 Å². The van der Waals surface area contributed by atoms with Gasteiger partial charge in [-0.15, -0.1) is 0 Å². The molecule has 0 saturated carbocycles. The monoisotopic (exact) mass is 280 g/mol. The quantitative estimate of drug-likeness (QED) is 0.568. The molecule has 9 heteroatoms. The standard InChI is InChI=1S/C11H16N6O3/c1-13-11-15-9(12)8-10(16-11)17(4-14-8)7-2-5(19)6(3-18)20-7/h4-7,18-19H,2-3H2,1H3,(H3,12,13,15,16)/t5-,6+,7-/m1/s1. The minimum atomic E-state index is -0.717. The molecular weight excluding hydrogens is 264 g/mol. The Kier molecular flexibility index (Phi) is 3.16. The van der Waals surface area contributed by atoms with Gasteiger partial charge in [0, 0.05) is 13.5 Å². The van der Waals surface area contributed by atoms with Crippen LogP contribution in [0, 0.1) is 0 Å². The van der Waals surface area contributed by atoms with Gasteiger partial charge >= 0.3 is 0 Å². The Morgan fingerprint density at radius 2 is 2.35 bits per heavy atom. The molecule has 3 rings (SSSR count). The molecule has 0 bridgehead atoms. The van der Waals surface area contributed by atoms with Crippen molar-refractivity contribution in [2.45, 2.75) is 24.9 Å². The topological polar surface area (TPSA) is 131 Å². The first-order valence-corrected chi connectivity index (χ1v) is 6.26. The fourth-order valence-corrected chi connectivity index (χ4v) is 2.31. The molecule has 0 amide bonds. The fraction of sp³-hybridized carbons (Fsp3) is 0.545. The first-order valence-electron chi connectivity index (χ1n) is 6.26. The number of hydrogen-bond donors (Lipinski definition) is 4. The number of nitrogen functional groups attached to an aromatic ring is 1. The number of ether oxygens (including phenoxy) is 1. The van der Waals surface area contributed by atoms with Crippen molar-refractivity contribution in [1.82, 2.24) is 19.5 Å². The normalized spacial score (nSPS) is 26.2. The predicted octanol–water partition coefficient (Wildman–Crippen LogP) is -0.909. The van der Waals surface area contributed by atoms with Crippen molar-refractivity contribution in [3.63, 3.8) is 0 Å². The lowest BCUT2D eigenvalue weighted by Gasteiger charge is -2.13. The Bertz CT molecular complexity index is 630. The van der Waals surface area contributed by atoms with E-state index in [4.69, 9.17) is 15.6 Å². The Balaban J connectivity index is 2.02. The van der Waals surface area contributed by atoms with Crippen molar-refractivity contribution < 1.29 is 14.9 Å². The molecule has 0 radical (unpaired) electrons. The number of imidazole rings is 1. The summed E-state index contributed by atoms with van der Waals surface area (Å²) in [6.07, 6.45) is 0.152. The van der Waals surface area contributed by atoms with Crippen molar-refractivity contribution in [2.75, 3.05) is 24.7 Å². The van der Waals surface area contributed by atoms with Gasteiger partial charge in [0.1, 0.15) is 17.8 Å². The number of fused-ring (bicyclic) bond motifs is 1. The second-order valence-corrected chi connectivity index (χ2v) is 4.62. The highest BCUT2D eigenvalue weighted by atomic mass is 16.5. The lowest BCUT2D eigenvalue weighted by atomic mass is 10.2. The van der Waals surface area contributed by atoms with Gasteiger partial charge in [-0.1, -0.05) is 0 Å². The second-order valence-electron chi connectivity index (χ2n) is 4.62. The summed E-state index contributed by atoms with van der Waals surface area (Å²) in [7, 11) is 1.69. The van der Waals surface area contributed by atoms with E-state index in [0.717, 1.165) is 0 Å². The molecule has 1 aliphatic heterocycles. The van der Waals surface area contributed by atoms with Crippen LogP contribution in [0.5, 0.6) is 0 Å². The first-order chi connectivity index (χ1) is 9.63. The summed E-state index contributed by atoms with van der Waals surface area (Å²) >= 11 is 0. The zero-order chi connectivity index (χ0) is 14.3. The SMILES string of the molecule is CNc1nc(N)c2ncn([C@H]3C[C@@H](O)[C@H](CO)O3)c2n1. The summed E-state index contributed by atoms with van der Waals surface area (Å²) in [5.74, 6) is 0.657. The average Bonchev–Trinajstić information content (AvgIpc) is 3.01. The zero-order valence-electron chi connectivity index (χ0n) is 10.9. The highest BCUT2D eigenvalue weighted by Crippen LogP contribution is 2.31. The van der Waals surface area contributed by atoms with Crippen LogP contribution in [0.25, 0.3) is 11.2 Å². The van der Waals surface area contributed by atoms with Crippen LogP contribution < -0.4 is 11.1 Å². The second kappa shape index (κ2) is 4.85. The van der Waals surface area contributed by atoms with Crippen molar-refractivity contribution in [2.24, 2.45) is 0 Å². The summed E-state index contributed by atoms with van der Waals surface area (Å²) in [5, 5.41) is 21.7. The number of aliphatic hydroxyl groups is 2. The number of aliphatic hydroxyl groups excluding tert-OH is 2. The van der Waals surface area contributed by atoms with Crippen LogP contribution in [0.15, 0.2) is 6.33 Å². The molecule has 0 aromatic carbocycles. The van der Waals surface area contributed by atoms with Crippen LogP contribution in [0.4, 0.5) is 11.8 Å². The van der Waals surface area contributed by atoms with Crippen molar-refractivity contribution in [3.8, 4) is 0 Å². The number of nitrogens with two attached hydrogens (primary N) is 1. The molecule has 20 heavy (non-hydrogen) atoms. The van der Waals surface area contributed by atoms with E-state index in [1.165, 1.54) is 0 Å². The molecule has 1 saturated heterocycles. The number of anilines is 2. The van der Waals surface area contributed by atoms with Gasteiger partial charge in [0.05, 0.1) is 19.0 Å². The number of nitrogens with zero attached hydrogens (tertiary/aromatic N) is 4.